The maximum absolute atomic E-state index is 13.2. The Hall–Kier alpha value is -4.11. The van der Waals surface area contributed by atoms with Crippen LogP contribution in [0.25, 0.3) is 0 Å². The molecule has 0 aliphatic carbocycles. The van der Waals surface area contributed by atoms with Gasteiger partial charge in [-0.25, -0.2) is 21.7 Å². The predicted octanol–water partition coefficient (Wildman–Crippen LogP) is 6.12. The molecule has 0 aromatic heterocycles. The van der Waals surface area contributed by atoms with E-state index in [1.807, 2.05) is 30.3 Å². The molecule has 4 aliphatic rings. The second-order valence-corrected chi connectivity index (χ2v) is 17.8. The maximum atomic E-state index is 13.2. The Morgan fingerprint density at radius 3 is 1.40 bits per heavy atom. The predicted molar refractivity (Wildman–Crippen MR) is 202 cm³/mol. The van der Waals surface area contributed by atoms with Crippen molar-refractivity contribution in [3.63, 3.8) is 0 Å². The summed E-state index contributed by atoms with van der Waals surface area (Å²) in [5, 5.41) is 0.893. The van der Waals surface area contributed by atoms with Crippen molar-refractivity contribution in [2.24, 2.45) is 0 Å². The van der Waals surface area contributed by atoms with Crippen molar-refractivity contribution in [3.05, 3.63) is 119 Å². The number of imide groups is 1. The molecule has 4 aliphatic heterocycles. The van der Waals surface area contributed by atoms with Crippen LogP contribution in [0.5, 0.6) is 0 Å². The first-order valence-electron chi connectivity index (χ1n) is 17.3. The van der Waals surface area contributed by atoms with Crippen LogP contribution >= 0.6 is 23.2 Å². The monoisotopic (exact) mass is 794 g/mol. The minimum Gasteiger partial charge on any atom is -0.309 e. The minimum absolute atomic E-state index is 0.0255. The van der Waals surface area contributed by atoms with Crippen molar-refractivity contribution in [3.8, 4) is 0 Å². The fourth-order valence-electron chi connectivity index (χ4n) is 7.62. The SMILES string of the molecule is O=C1C2CCCC(C(=O)N1c1ccccc1)N2S(=O)(=O)c1ccc(Cl)cc1.O=C1C2CCCC(CN1c1ccccc1)N2S(=O)(=O)c1ccc(Cl)cc1. The van der Waals surface area contributed by atoms with Gasteiger partial charge in [-0.2, -0.15) is 8.61 Å². The Labute approximate surface area is 318 Å². The third-order valence-electron chi connectivity index (χ3n) is 10.1. The van der Waals surface area contributed by atoms with E-state index in [4.69, 9.17) is 23.2 Å². The molecule has 4 atom stereocenters. The van der Waals surface area contributed by atoms with Crippen LogP contribution in [0.4, 0.5) is 11.4 Å². The highest BCUT2D eigenvalue weighted by Crippen LogP contribution is 2.38. The van der Waals surface area contributed by atoms with Gasteiger partial charge in [0, 0.05) is 28.3 Å². The van der Waals surface area contributed by atoms with Crippen LogP contribution < -0.4 is 9.80 Å². The van der Waals surface area contributed by atoms with Crippen molar-refractivity contribution in [2.75, 3.05) is 16.3 Å². The Balaban J connectivity index is 0.000000164. The molecule has 4 bridgehead atoms. The van der Waals surface area contributed by atoms with Gasteiger partial charge in [-0.3, -0.25) is 14.4 Å². The van der Waals surface area contributed by atoms with Crippen LogP contribution in [0.2, 0.25) is 10.0 Å². The van der Waals surface area contributed by atoms with Gasteiger partial charge in [0.15, 0.2) is 0 Å². The number of amides is 3. The van der Waals surface area contributed by atoms with Gasteiger partial charge in [0.05, 0.1) is 15.5 Å². The summed E-state index contributed by atoms with van der Waals surface area (Å²) in [7, 11) is -7.75. The number of carbonyl (C=O) groups excluding carboxylic acids is 3. The third kappa shape index (κ3) is 7.02. The summed E-state index contributed by atoms with van der Waals surface area (Å²) in [4.78, 5) is 42.3. The number of benzene rings is 4. The molecule has 15 heteroatoms. The molecule has 8 rings (SSSR count). The zero-order valence-corrected chi connectivity index (χ0v) is 31.5. The molecule has 4 aromatic carbocycles. The molecule has 11 nitrogen and oxygen atoms in total. The van der Waals surface area contributed by atoms with E-state index < -0.39 is 50.0 Å². The Morgan fingerprint density at radius 2 is 0.906 bits per heavy atom. The van der Waals surface area contributed by atoms with E-state index in [0.717, 1.165) is 27.7 Å². The van der Waals surface area contributed by atoms with Gasteiger partial charge >= 0.3 is 0 Å². The highest BCUT2D eigenvalue weighted by atomic mass is 35.5. The van der Waals surface area contributed by atoms with Crippen LogP contribution in [0.15, 0.2) is 119 Å². The first-order valence-corrected chi connectivity index (χ1v) is 20.9. The summed E-state index contributed by atoms with van der Waals surface area (Å²) in [6.45, 7) is 0.381. The quantitative estimate of drug-likeness (QED) is 0.215. The van der Waals surface area contributed by atoms with Gasteiger partial charge in [-0.05, 0) is 111 Å². The van der Waals surface area contributed by atoms with E-state index in [0.29, 0.717) is 48.0 Å². The first-order chi connectivity index (χ1) is 25.4. The first kappa shape index (κ1) is 37.2. The van der Waals surface area contributed by atoms with Crippen molar-refractivity contribution in [2.45, 2.75) is 72.5 Å². The van der Waals surface area contributed by atoms with E-state index in [9.17, 15) is 31.2 Å². The van der Waals surface area contributed by atoms with Crippen LogP contribution in [-0.4, -0.2) is 73.9 Å². The lowest BCUT2D eigenvalue weighted by Crippen LogP contribution is -2.68. The molecule has 4 saturated heterocycles. The fourth-order valence-corrected chi connectivity index (χ4v) is 11.5. The van der Waals surface area contributed by atoms with Crippen LogP contribution in [-0.2, 0) is 34.4 Å². The molecule has 0 N–H and O–H groups in total. The zero-order valence-electron chi connectivity index (χ0n) is 28.4. The molecule has 4 aromatic rings. The third-order valence-corrected chi connectivity index (χ3v) is 14.5. The molecular formula is C38H36Cl2N4O7S2. The molecule has 3 amide bonds. The molecule has 276 valence electrons. The summed E-state index contributed by atoms with van der Waals surface area (Å²) in [6.07, 6.45) is 3.56. The fraction of sp³-hybridized carbons (Fsp3) is 0.289. The van der Waals surface area contributed by atoms with Crippen molar-refractivity contribution in [1.82, 2.24) is 8.61 Å². The lowest BCUT2D eigenvalue weighted by Gasteiger charge is -2.48. The minimum atomic E-state index is -4.00. The Bertz CT molecular complexity index is 2200. The van der Waals surface area contributed by atoms with Crippen LogP contribution in [0.3, 0.4) is 0 Å². The summed E-state index contributed by atoms with van der Waals surface area (Å²) in [5.74, 6) is -1.15. The zero-order chi connectivity index (χ0) is 37.5. The number of anilines is 2. The average Bonchev–Trinajstić information content (AvgIpc) is 3.16. The topological polar surface area (TPSA) is 132 Å². The summed E-state index contributed by atoms with van der Waals surface area (Å²) in [6, 6.07) is 27.3. The molecule has 0 spiro atoms. The van der Waals surface area contributed by atoms with Crippen molar-refractivity contribution in [1.29, 1.82) is 0 Å². The normalized spacial score (nSPS) is 23.7. The van der Waals surface area contributed by atoms with E-state index >= 15 is 0 Å². The molecule has 4 fully saturated rings. The van der Waals surface area contributed by atoms with Gasteiger partial charge in [-0.15, -0.1) is 0 Å². The van der Waals surface area contributed by atoms with Crippen molar-refractivity contribution >= 4 is 72.3 Å². The number of para-hydroxylation sites is 2. The second kappa shape index (κ2) is 15.0. The number of piperidine rings is 2. The average molecular weight is 796 g/mol. The molecule has 4 heterocycles. The molecule has 53 heavy (non-hydrogen) atoms. The number of carbonyl (C=O) groups is 3. The smallest absolute Gasteiger partial charge is 0.252 e. The number of nitrogens with zero attached hydrogens (tertiary/aromatic N) is 4. The van der Waals surface area contributed by atoms with Gasteiger partial charge in [0.2, 0.25) is 26.0 Å². The second-order valence-electron chi connectivity index (χ2n) is 13.3. The van der Waals surface area contributed by atoms with E-state index in [1.54, 1.807) is 47.4 Å². The lowest BCUT2D eigenvalue weighted by molar-refractivity contribution is -0.138. The highest BCUT2D eigenvalue weighted by molar-refractivity contribution is 7.89. The van der Waals surface area contributed by atoms with Gasteiger partial charge < -0.3 is 4.90 Å². The summed E-state index contributed by atoms with van der Waals surface area (Å²) >= 11 is 11.7. The Kier molecular flexibility index (Phi) is 10.5. The lowest BCUT2D eigenvalue weighted by atomic mass is 9.92. The van der Waals surface area contributed by atoms with E-state index in [1.165, 1.54) is 40.7 Å². The summed E-state index contributed by atoms with van der Waals surface area (Å²) < 4.78 is 55.4. The molecular weight excluding hydrogens is 759 g/mol. The number of rotatable bonds is 6. The van der Waals surface area contributed by atoms with Crippen LogP contribution in [0, 0.1) is 0 Å². The van der Waals surface area contributed by atoms with Gasteiger partial charge in [0.1, 0.15) is 18.1 Å². The molecule has 0 radical (unpaired) electrons. The highest BCUT2D eigenvalue weighted by Gasteiger charge is 2.54. The van der Waals surface area contributed by atoms with Gasteiger partial charge in [0.25, 0.3) is 11.8 Å². The summed E-state index contributed by atoms with van der Waals surface area (Å²) in [5.41, 5.74) is 1.28. The number of hydrogen-bond donors (Lipinski definition) is 0. The number of hydrogen-bond acceptors (Lipinski definition) is 7. The van der Waals surface area contributed by atoms with Crippen molar-refractivity contribution < 1.29 is 31.2 Å². The standard InChI is InChI=1S/C19H17ClN2O4S.C19H19ClN2O3S/c20-13-9-11-15(12-10-13)27(25,26)22-16-7-4-8-17(22)19(24)21(18(16)23)14-5-2-1-3-6-14;20-14-9-11-17(12-10-14)26(24,25)22-16-7-4-8-18(22)19(23)21(13-16)15-5-2-1-3-6-15/h1-3,5-6,9-12,16-17H,4,7-8H2;1-3,5-6,9-12,16,18H,4,7-8,13H2. The number of halogens is 2. The number of sulfonamides is 2. The van der Waals surface area contributed by atoms with E-state index in [-0.39, 0.29) is 21.7 Å². The molecule has 4 unspecified atom stereocenters. The van der Waals surface area contributed by atoms with Crippen LogP contribution in [0.1, 0.15) is 38.5 Å². The largest absolute Gasteiger partial charge is 0.309 e. The molecule has 0 saturated carbocycles. The maximum Gasteiger partial charge on any atom is 0.252 e. The number of fused-ring (bicyclic) bond motifs is 4. The van der Waals surface area contributed by atoms with Gasteiger partial charge in [-0.1, -0.05) is 59.6 Å². The van der Waals surface area contributed by atoms with E-state index in [2.05, 4.69) is 0 Å². The number of piperazine rings is 2. The Morgan fingerprint density at radius 1 is 0.491 bits per heavy atom.